The number of methoxy groups -OCH3 is 2. The van der Waals surface area contributed by atoms with E-state index in [1.54, 1.807) is 30.0 Å². The van der Waals surface area contributed by atoms with Crippen molar-refractivity contribution >= 4 is 22.8 Å². The third-order valence-electron chi connectivity index (χ3n) is 4.81. The quantitative estimate of drug-likeness (QED) is 0.420. The maximum absolute atomic E-state index is 12.4. The predicted octanol–water partition coefficient (Wildman–Crippen LogP) is 3.83. The van der Waals surface area contributed by atoms with Gasteiger partial charge in [-0.25, -0.2) is 4.79 Å². The number of hydrogen-bond donors (Lipinski definition) is 0. The van der Waals surface area contributed by atoms with Crippen LogP contribution in [0, 0.1) is 0 Å². The van der Waals surface area contributed by atoms with E-state index in [2.05, 4.69) is 5.16 Å². The van der Waals surface area contributed by atoms with Gasteiger partial charge >= 0.3 is 11.9 Å². The Hall–Kier alpha value is -4.07. The Morgan fingerprint density at radius 1 is 1.06 bits per heavy atom. The molecule has 0 bridgehead atoms. The summed E-state index contributed by atoms with van der Waals surface area (Å²) in [6.07, 6.45) is 1.59. The smallest absolute Gasteiger partial charge is 0.340 e. The van der Waals surface area contributed by atoms with Gasteiger partial charge in [0.2, 0.25) is 0 Å². The summed E-state index contributed by atoms with van der Waals surface area (Å²) < 4.78 is 22.4. The molecule has 2 aromatic heterocycles. The van der Waals surface area contributed by atoms with Crippen LogP contribution in [0.5, 0.6) is 5.75 Å². The monoisotopic (exact) mass is 420 g/mol. The Labute approximate surface area is 177 Å². The number of aromatic nitrogens is 2. The molecule has 0 unspecified atom stereocenters. The van der Waals surface area contributed by atoms with Crippen molar-refractivity contribution in [1.29, 1.82) is 0 Å². The zero-order valence-electron chi connectivity index (χ0n) is 17.0. The van der Waals surface area contributed by atoms with E-state index in [0.717, 1.165) is 11.1 Å². The number of fused-ring (bicyclic) bond motifs is 1. The van der Waals surface area contributed by atoms with Crippen molar-refractivity contribution in [2.24, 2.45) is 0 Å². The second kappa shape index (κ2) is 8.74. The molecule has 4 aromatic rings. The van der Waals surface area contributed by atoms with E-state index in [1.807, 2.05) is 42.5 Å². The SMILES string of the molecule is COC(=O)c1cn(CC(=O)OCc2cc(-c3ccccc3OC)no2)c2ccccc12. The van der Waals surface area contributed by atoms with Gasteiger partial charge in [-0.3, -0.25) is 4.79 Å². The van der Waals surface area contributed by atoms with Crippen LogP contribution in [0.4, 0.5) is 0 Å². The van der Waals surface area contributed by atoms with Crippen LogP contribution in [-0.2, 0) is 27.4 Å². The fourth-order valence-corrected chi connectivity index (χ4v) is 3.35. The fraction of sp³-hybridized carbons (Fsp3) is 0.174. The summed E-state index contributed by atoms with van der Waals surface area (Å²) in [5.41, 5.74) is 2.49. The minimum Gasteiger partial charge on any atom is -0.496 e. The topological polar surface area (TPSA) is 92.8 Å². The van der Waals surface area contributed by atoms with Gasteiger partial charge in [-0.05, 0) is 18.2 Å². The first-order chi connectivity index (χ1) is 15.1. The molecule has 0 radical (unpaired) electrons. The van der Waals surface area contributed by atoms with Crippen molar-refractivity contribution in [3.05, 3.63) is 72.1 Å². The first kappa shape index (κ1) is 20.2. The fourth-order valence-electron chi connectivity index (χ4n) is 3.35. The Morgan fingerprint density at radius 2 is 1.84 bits per heavy atom. The largest absolute Gasteiger partial charge is 0.496 e. The van der Waals surface area contributed by atoms with E-state index in [-0.39, 0.29) is 13.2 Å². The molecule has 31 heavy (non-hydrogen) atoms. The third-order valence-corrected chi connectivity index (χ3v) is 4.81. The molecule has 8 heteroatoms. The summed E-state index contributed by atoms with van der Waals surface area (Å²) in [6, 6.07) is 16.4. The average Bonchev–Trinajstić information content (AvgIpc) is 3.42. The number of benzene rings is 2. The van der Waals surface area contributed by atoms with Gasteiger partial charge in [0.15, 0.2) is 12.4 Å². The highest BCUT2D eigenvalue weighted by molar-refractivity contribution is 6.04. The standard InChI is InChI=1S/C23H20N2O6/c1-28-21-10-6-4-8-17(21)19-11-15(31-24-19)14-30-22(26)13-25-12-18(23(27)29-2)16-7-3-5-9-20(16)25/h3-12H,13-14H2,1-2H3. The van der Waals surface area contributed by atoms with Crippen LogP contribution in [0.15, 0.2) is 65.3 Å². The summed E-state index contributed by atoms with van der Waals surface area (Å²) in [5, 5.41) is 4.73. The molecule has 0 aliphatic carbocycles. The van der Waals surface area contributed by atoms with Gasteiger partial charge in [0.05, 0.1) is 19.8 Å². The molecule has 158 valence electrons. The molecule has 0 aliphatic rings. The number of para-hydroxylation sites is 2. The molecule has 0 saturated carbocycles. The van der Waals surface area contributed by atoms with Crippen LogP contribution < -0.4 is 4.74 Å². The van der Waals surface area contributed by atoms with Gasteiger partial charge in [0.25, 0.3) is 0 Å². The number of nitrogens with zero attached hydrogens (tertiary/aromatic N) is 2. The number of rotatable bonds is 7. The number of carbonyl (C=O) groups is 2. The summed E-state index contributed by atoms with van der Waals surface area (Å²) >= 11 is 0. The molecule has 0 amide bonds. The van der Waals surface area contributed by atoms with E-state index in [0.29, 0.717) is 28.2 Å². The van der Waals surface area contributed by atoms with Crippen molar-refractivity contribution in [3.8, 4) is 17.0 Å². The average molecular weight is 420 g/mol. The highest BCUT2D eigenvalue weighted by Crippen LogP contribution is 2.29. The van der Waals surface area contributed by atoms with Gasteiger partial charge in [-0.15, -0.1) is 0 Å². The predicted molar refractivity (Wildman–Crippen MR) is 112 cm³/mol. The van der Waals surface area contributed by atoms with Gasteiger partial charge in [0.1, 0.15) is 18.0 Å². The second-order valence-electron chi connectivity index (χ2n) is 6.72. The van der Waals surface area contributed by atoms with Crippen LogP contribution in [0.25, 0.3) is 22.2 Å². The third kappa shape index (κ3) is 4.13. The van der Waals surface area contributed by atoms with Crippen LogP contribution in [-0.4, -0.2) is 35.9 Å². The first-order valence-electron chi connectivity index (χ1n) is 9.51. The highest BCUT2D eigenvalue weighted by Gasteiger charge is 2.18. The number of ether oxygens (including phenoxy) is 3. The molecule has 0 N–H and O–H groups in total. The molecule has 0 fully saturated rings. The van der Waals surface area contributed by atoms with Crippen molar-refractivity contribution < 1.29 is 28.3 Å². The van der Waals surface area contributed by atoms with Crippen LogP contribution >= 0.6 is 0 Å². The Balaban J connectivity index is 1.45. The van der Waals surface area contributed by atoms with Gasteiger partial charge < -0.3 is 23.3 Å². The summed E-state index contributed by atoms with van der Waals surface area (Å²) in [5.74, 6) is 0.128. The van der Waals surface area contributed by atoms with Crippen molar-refractivity contribution in [1.82, 2.24) is 9.72 Å². The molecule has 0 saturated heterocycles. The molecular formula is C23H20N2O6. The molecule has 8 nitrogen and oxygen atoms in total. The van der Waals surface area contributed by atoms with Gasteiger partial charge in [0, 0.05) is 28.7 Å². The van der Waals surface area contributed by atoms with Crippen molar-refractivity contribution in [2.45, 2.75) is 13.2 Å². The lowest BCUT2D eigenvalue weighted by molar-refractivity contribution is -0.146. The zero-order chi connectivity index (χ0) is 21.8. The molecule has 4 rings (SSSR count). The van der Waals surface area contributed by atoms with E-state index < -0.39 is 11.9 Å². The molecule has 0 aliphatic heterocycles. The van der Waals surface area contributed by atoms with E-state index in [9.17, 15) is 9.59 Å². The molecular weight excluding hydrogens is 400 g/mol. The first-order valence-corrected chi connectivity index (χ1v) is 9.51. The number of esters is 2. The van der Waals surface area contributed by atoms with Crippen LogP contribution in [0.2, 0.25) is 0 Å². The van der Waals surface area contributed by atoms with E-state index in [4.69, 9.17) is 18.7 Å². The molecule has 2 aromatic carbocycles. The summed E-state index contributed by atoms with van der Waals surface area (Å²) in [7, 11) is 2.90. The number of carbonyl (C=O) groups excluding carboxylic acids is 2. The molecule has 0 spiro atoms. The maximum atomic E-state index is 12.4. The Kier molecular flexibility index (Phi) is 5.70. The minimum atomic E-state index is -0.479. The van der Waals surface area contributed by atoms with E-state index >= 15 is 0 Å². The lowest BCUT2D eigenvalue weighted by atomic mass is 10.1. The molecule has 0 atom stereocenters. The van der Waals surface area contributed by atoms with Gasteiger partial charge in [-0.1, -0.05) is 35.5 Å². The van der Waals surface area contributed by atoms with Crippen LogP contribution in [0.3, 0.4) is 0 Å². The summed E-state index contributed by atoms with van der Waals surface area (Å²) in [6.45, 7) is -0.130. The zero-order valence-corrected chi connectivity index (χ0v) is 17.0. The van der Waals surface area contributed by atoms with Crippen LogP contribution in [0.1, 0.15) is 16.1 Å². The lowest BCUT2D eigenvalue weighted by Crippen LogP contribution is -2.12. The maximum Gasteiger partial charge on any atom is 0.340 e. The minimum absolute atomic E-state index is 0.0645. The normalized spacial score (nSPS) is 10.8. The van der Waals surface area contributed by atoms with E-state index in [1.165, 1.54) is 7.11 Å². The Bertz CT molecular complexity index is 1240. The van der Waals surface area contributed by atoms with Crippen molar-refractivity contribution in [3.63, 3.8) is 0 Å². The second-order valence-corrected chi connectivity index (χ2v) is 6.72. The number of hydrogen-bond acceptors (Lipinski definition) is 7. The molecule has 2 heterocycles. The summed E-state index contributed by atoms with van der Waals surface area (Å²) in [4.78, 5) is 24.4. The van der Waals surface area contributed by atoms with Gasteiger partial charge in [-0.2, -0.15) is 0 Å². The highest BCUT2D eigenvalue weighted by atomic mass is 16.6. The Morgan fingerprint density at radius 3 is 2.65 bits per heavy atom. The van der Waals surface area contributed by atoms with Crippen molar-refractivity contribution in [2.75, 3.05) is 14.2 Å². The lowest BCUT2D eigenvalue weighted by Gasteiger charge is -2.05.